The summed E-state index contributed by atoms with van der Waals surface area (Å²) in [5.41, 5.74) is 2.94. The summed E-state index contributed by atoms with van der Waals surface area (Å²) >= 11 is 5.67. The number of allylic oxidation sites excluding steroid dienone is 1. The van der Waals surface area contributed by atoms with E-state index < -0.39 is 0 Å². The zero-order valence-electron chi connectivity index (χ0n) is 6.58. The summed E-state index contributed by atoms with van der Waals surface area (Å²) in [5, 5.41) is 0.116. The summed E-state index contributed by atoms with van der Waals surface area (Å²) in [7, 11) is 0. The van der Waals surface area contributed by atoms with Crippen LogP contribution in [0.2, 0.25) is 0 Å². The van der Waals surface area contributed by atoms with Crippen molar-refractivity contribution in [3.05, 3.63) is 41.1 Å². The number of hydrogen-bond donors (Lipinski definition) is 1. The molecule has 0 saturated carbocycles. The van der Waals surface area contributed by atoms with Gasteiger partial charge < -0.3 is 4.84 Å². The normalized spacial score (nSPS) is 14.8. The van der Waals surface area contributed by atoms with E-state index in [-0.39, 0.29) is 10.8 Å². The lowest BCUT2D eigenvalue weighted by atomic mass is 10.1. The Morgan fingerprint density at radius 3 is 2.92 bits per heavy atom. The molecule has 1 heterocycles. The molecule has 0 aliphatic carbocycles. The van der Waals surface area contributed by atoms with Crippen molar-refractivity contribution in [3.63, 3.8) is 0 Å². The monoisotopic (exact) mass is 195 g/mol. The van der Waals surface area contributed by atoms with Crippen LogP contribution in [-0.4, -0.2) is 5.78 Å². The molecule has 0 unspecified atom stereocenters. The highest BCUT2D eigenvalue weighted by molar-refractivity contribution is 6.45. The van der Waals surface area contributed by atoms with Crippen molar-refractivity contribution >= 4 is 17.4 Å². The number of carbonyl (C=O) groups excluding carboxylic acids is 1. The van der Waals surface area contributed by atoms with Crippen LogP contribution in [-0.2, 0) is 0 Å². The number of fused-ring (bicyclic) bond motifs is 1. The van der Waals surface area contributed by atoms with Crippen molar-refractivity contribution in [1.82, 2.24) is 5.48 Å². The third-order valence-electron chi connectivity index (χ3n) is 1.70. The van der Waals surface area contributed by atoms with Crippen LogP contribution in [0.1, 0.15) is 10.4 Å². The van der Waals surface area contributed by atoms with Crippen molar-refractivity contribution in [2.24, 2.45) is 0 Å². The van der Waals surface area contributed by atoms with Gasteiger partial charge in [-0.05, 0) is 12.1 Å². The van der Waals surface area contributed by atoms with Crippen molar-refractivity contribution in [2.45, 2.75) is 0 Å². The van der Waals surface area contributed by atoms with E-state index >= 15 is 0 Å². The van der Waals surface area contributed by atoms with E-state index in [2.05, 4.69) is 5.48 Å². The Kier molecular flexibility index (Phi) is 1.94. The van der Waals surface area contributed by atoms with Crippen molar-refractivity contribution in [2.75, 3.05) is 0 Å². The number of para-hydroxylation sites is 1. The molecule has 2 rings (SSSR count). The molecular weight excluding hydrogens is 190 g/mol. The predicted molar refractivity (Wildman–Crippen MR) is 48.5 cm³/mol. The van der Waals surface area contributed by atoms with E-state index in [1.165, 1.54) is 6.20 Å². The second-order valence-corrected chi connectivity index (χ2v) is 2.94. The molecule has 0 aromatic heterocycles. The van der Waals surface area contributed by atoms with Crippen molar-refractivity contribution in [3.8, 4) is 5.75 Å². The molecule has 0 fully saturated rings. The Labute approximate surface area is 79.9 Å². The van der Waals surface area contributed by atoms with Gasteiger partial charge in [0.15, 0.2) is 5.75 Å². The highest BCUT2D eigenvalue weighted by Crippen LogP contribution is 2.23. The van der Waals surface area contributed by atoms with E-state index in [1.54, 1.807) is 24.3 Å². The number of nitrogens with one attached hydrogen (secondary N) is 1. The molecule has 1 aromatic carbocycles. The average Bonchev–Trinajstić information content (AvgIpc) is 2.29. The number of carbonyl (C=O) groups is 1. The molecule has 0 bridgehead atoms. The van der Waals surface area contributed by atoms with Gasteiger partial charge in [-0.25, -0.2) is 5.48 Å². The molecular formula is C9H6ClNO2. The van der Waals surface area contributed by atoms with Crippen molar-refractivity contribution < 1.29 is 9.63 Å². The summed E-state index contributed by atoms with van der Waals surface area (Å²) in [4.78, 5) is 16.6. The molecule has 0 spiro atoms. The van der Waals surface area contributed by atoms with Gasteiger partial charge in [0.05, 0.1) is 11.8 Å². The Morgan fingerprint density at radius 2 is 2.08 bits per heavy atom. The summed E-state index contributed by atoms with van der Waals surface area (Å²) < 4.78 is 0. The second kappa shape index (κ2) is 3.11. The first kappa shape index (κ1) is 8.13. The predicted octanol–water partition coefficient (Wildman–Crippen LogP) is 1.85. The van der Waals surface area contributed by atoms with Gasteiger partial charge in [-0.2, -0.15) is 0 Å². The van der Waals surface area contributed by atoms with Crippen LogP contribution in [0.3, 0.4) is 0 Å². The molecule has 3 nitrogen and oxygen atoms in total. The number of halogens is 1. The molecule has 4 heteroatoms. The average molecular weight is 196 g/mol. The van der Waals surface area contributed by atoms with Crippen LogP contribution in [0.4, 0.5) is 0 Å². The van der Waals surface area contributed by atoms with Crippen LogP contribution in [0.5, 0.6) is 5.75 Å². The van der Waals surface area contributed by atoms with Gasteiger partial charge in [-0.15, -0.1) is 0 Å². The Morgan fingerprint density at radius 1 is 1.31 bits per heavy atom. The summed E-state index contributed by atoms with van der Waals surface area (Å²) in [6, 6.07) is 6.91. The fourth-order valence-corrected chi connectivity index (χ4v) is 1.23. The molecule has 66 valence electrons. The zero-order valence-corrected chi connectivity index (χ0v) is 7.34. The summed E-state index contributed by atoms with van der Waals surface area (Å²) in [6.45, 7) is 0. The quantitative estimate of drug-likeness (QED) is 0.687. The number of rotatable bonds is 0. The number of hydrogen-bond acceptors (Lipinski definition) is 3. The third kappa shape index (κ3) is 1.38. The molecule has 1 aliphatic heterocycles. The second-order valence-electron chi connectivity index (χ2n) is 2.54. The van der Waals surface area contributed by atoms with Crippen LogP contribution in [0, 0.1) is 0 Å². The topological polar surface area (TPSA) is 38.3 Å². The SMILES string of the molecule is O=C1C(Cl)=CNOc2ccccc21. The van der Waals surface area contributed by atoms with Crippen molar-refractivity contribution in [1.29, 1.82) is 0 Å². The summed E-state index contributed by atoms with van der Waals surface area (Å²) in [6.07, 6.45) is 1.32. The maximum Gasteiger partial charge on any atom is 0.209 e. The van der Waals surface area contributed by atoms with Gasteiger partial charge in [0.25, 0.3) is 0 Å². The first-order valence-corrected chi connectivity index (χ1v) is 4.08. The smallest absolute Gasteiger partial charge is 0.209 e. The molecule has 0 radical (unpaired) electrons. The minimum Gasteiger partial charge on any atom is -0.382 e. The van der Waals surface area contributed by atoms with E-state index in [9.17, 15) is 4.79 Å². The standard InChI is InChI=1S/C9H6ClNO2/c10-7-5-11-13-8-4-2-1-3-6(8)9(7)12/h1-5,11H. The lowest BCUT2D eigenvalue weighted by Gasteiger charge is -2.03. The first-order chi connectivity index (χ1) is 6.29. The van der Waals surface area contributed by atoms with Gasteiger partial charge in [-0.1, -0.05) is 23.7 Å². The van der Waals surface area contributed by atoms with Gasteiger partial charge in [-0.3, -0.25) is 4.79 Å². The fourth-order valence-electron chi connectivity index (χ4n) is 1.08. The van der Waals surface area contributed by atoms with Gasteiger partial charge in [0.2, 0.25) is 5.78 Å². The van der Waals surface area contributed by atoms with Crippen LogP contribution >= 0.6 is 11.6 Å². The zero-order chi connectivity index (χ0) is 9.26. The largest absolute Gasteiger partial charge is 0.382 e. The maximum absolute atomic E-state index is 11.5. The highest BCUT2D eigenvalue weighted by Gasteiger charge is 2.17. The lowest BCUT2D eigenvalue weighted by molar-refractivity contribution is 0.104. The number of Topliss-reactive ketones (excluding diaryl/α,β-unsaturated/α-hetero) is 1. The van der Waals surface area contributed by atoms with E-state index in [0.29, 0.717) is 11.3 Å². The molecule has 0 saturated heterocycles. The molecule has 0 atom stereocenters. The Hall–Kier alpha value is -1.48. The third-order valence-corrected chi connectivity index (χ3v) is 1.98. The van der Waals surface area contributed by atoms with E-state index in [1.807, 2.05) is 0 Å². The molecule has 1 N–H and O–H groups in total. The minimum atomic E-state index is -0.234. The minimum absolute atomic E-state index is 0.116. The van der Waals surface area contributed by atoms with Gasteiger partial charge in [0, 0.05) is 0 Å². The fraction of sp³-hybridized carbons (Fsp3) is 0. The molecule has 1 aromatic rings. The first-order valence-electron chi connectivity index (χ1n) is 3.71. The van der Waals surface area contributed by atoms with Gasteiger partial charge in [0.1, 0.15) is 5.03 Å². The van der Waals surface area contributed by atoms with Crippen LogP contribution in [0.25, 0.3) is 0 Å². The van der Waals surface area contributed by atoms with E-state index in [4.69, 9.17) is 16.4 Å². The Bertz CT molecular complexity index is 387. The molecule has 13 heavy (non-hydrogen) atoms. The maximum atomic E-state index is 11.5. The highest BCUT2D eigenvalue weighted by atomic mass is 35.5. The van der Waals surface area contributed by atoms with Crippen LogP contribution < -0.4 is 10.3 Å². The number of ketones is 1. The lowest BCUT2D eigenvalue weighted by Crippen LogP contribution is -2.09. The molecule has 0 amide bonds. The van der Waals surface area contributed by atoms with E-state index in [0.717, 1.165) is 0 Å². The van der Waals surface area contributed by atoms with Crippen LogP contribution in [0.15, 0.2) is 35.5 Å². The number of benzene rings is 1. The summed E-state index contributed by atoms with van der Waals surface area (Å²) in [5.74, 6) is 0.252. The van der Waals surface area contributed by atoms with Gasteiger partial charge >= 0.3 is 0 Å². The Balaban J connectivity index is 2.54. The molecule has 1 aliphatic rings. The number of hydroxylamine groups is 1.